The smallest absolute Gasteiger partial charge is 0.243 e. The zero-order valence-corrected chi connectivity index (χ0v) is 21.1. The Bertz CT molecular complexity index is 1220. The van der Waals surface area contributed by atoms with Crippen LogP contribution in [-0.4, -0.2) is 25.2 Å². The molecule has 0 aromatic heterocycles. The Morgan fingerprint density at radius 1 is 1.00 bits per heavy atom. The summed E-state index contributed by atoms with van der Waals surface area (Å²) in [6.07, 6.45) is 0.734. The van der Waals surface area contributed by atoms with E-state index < -0.39 is 15.9 Å². The monoisotopic (exact) mass is 554 g/mol. The lowest BCUT2D eigenvalue weighted by atomic mass is 10.1. The molecule has 0 heterocycles. The molecule has 3 rings (SSSR count). The van der Waals surface area contributed by atoms with E-state index in [1.807, 2.05) is 25.1 Å². The van der Waals surface area contributed by atoms with Crippen molar-refractivity contribution in [2.75, 3.05) is 11.9 Å². The highest BCUT2D eigenvalue weighted by molar-refractivity contribution is 9.10. The van der Waals surface area contributed by atoms with E-state index in [0.717, 1.165) is 20.8 Å². The summed E-state index contributed by atoms with van der Waals surface area (Å²) in [6.45, 7) is 1.52. The van der Waals surface area contributed by atoms with Crippen molar-refractivity contribution in [2.24, 2.45) is 0 Å². The molecule has 0 aliphatic rings. The molecule has 0 fully saturated rings. The fourth-order valence-electron chi connectivity index (χ4n) is 3.12. The summed E-state index contributed by atoms with van der Waals surface area (Å²) in [5.74, 6) is -0.448. The van der Waals surface area contributed by atoms with Gasteiger partial charge in [0.2, 0.25) is 15.9 Å². The Labute approximate surface area is 206 Å². The second-order valence-electron chi connectivity index (χ2n) is 7.02. The van der Waals surface area contributed by atoms with Crippen LogP contribution in [0.3, 0.4) is 0 Å². The summed E-state index contributed by atoms with van der Waals surface area (Å²) < 4.78 is 28.7. The maximum atomic E-state index is 13.4. The second kappa shape index (κ2) is 10.8. The number of hydrogen-bond acceptors (Lipinski definition) is 3. The van der Waals surface area contributed by atoms with Crippen molar-refractivity contribution in [3.05, 3.63) is 92.4 Å². The molecule has 0 bridgehead atoms. The van der Waals surface area contributed by atoms with Crippen LogP contribution in [-0.2, 0) is 27.8 Å². The third kappa shape index (κ3) is 6.11. The lowest BCUT2D eigenvalue weighted by Crippen LogP contribution is -2.37. The van der Waals surface area contributed by atoms with Gasteiger partial charge >= 0.3 is 0 Å². The first-order valence-corrected chi connectivity index (χ1v) is 12.8. The Balaban J connectivity index is 1.92. The number of halogens is 3. The van der Waals surface area contributed by atoms with E-state index in [2.05, 4.69) is 21.2 Å². The Morgan fingerprint density at radius 2 is 1.69 bits per heavy atom. The molecule has 0 aliphatic carbocycles. The van der Waals surface area contributed by atoms with Crippen LogP contribution >= 0.6 is 39.1 Å². The van der Waals surface area contributed by atoms with Gasteiger partial charge in [-0.2, -0.15) is 4.31 Å². The lowest BCUT2D eigenvalue weighted by molar-refractivity contribution is -0.116. The molecular formula is C23H21BrCl2N2O3S. The first-order chi connectivity index (χ1) is 15.2. The SMILES string of the molecule is CCc1ccccc1NC(=O)CN(Cc1ccc(Cl)cc1Cl)S(=O)(=O)c1ccc(Br)cc1. The van der Waals surface area contributed by atoms with E-state index >= 15 is 0 Å². The minimum absolute atomic E-state index is 0.0764. The molecule has 0 spiro atoms. The molecule has 1 N–H and O–H groups in total. The van der Waals surface area contributed by atoms with Crippen LogP contribution in [0.2, 0.25) is 10.0 Å². The molecule has 5 nitrogen and oxygen atoms in total. The van der Waals surface area contributed by atoms with Gasteiger partial charge in [0, 0.05) is 26.8 Å². The van der Waals surface area contributed by atoms with Gasteiger partial charge in [-0.05, 0) is 60.0 Å². The molecule has 0 saturated carbocycles. The normalized spacial score (nSPS) is 11.5. The zero-order valence-electron chi connectivity index (χ0n) is 17.2. The summed E-state index contributed by atoms with van der Waals surface area (Å²) in [5, 5.41) is 3.59. The average Bonchev–Trinajstić information content (AvgIpc) is 2.75. The molecule has 1 amide bonds. The number of amides is 1. The van der Waals surface area contributed by atoms with Crippen LogP contribution in [0.25, 0.3) is 0 Å². The molecule has 0 aliphatic heterocycles. The predicted octanol–water partition coefficient (Wildman–Crippen LogP) is 6.15. The Morgan fingerprint density at radius 3 is 2.34 bits per heavy atom. The van der Waals surface area contributed by atoms with Gasteiger partial charge < -0.3 is 5.32 Å². The lowest BCUT2D eigenvalue weighted by Gasteiger charge is -2.23. The molecule has 3 aromatic carbocycles. The van der Waals surface area contributed by atoms with Gasteiger partial charge in [-0.15, -0.1) is 0 Å². The highest BCUT2D eigenvalue weighted by Crippen LogP contribution is 2.26. The standard InChI is InChI=1S/C23H21BrCl2N2O3S/c1-2-16-5-3-4-6-22(16)27-23(29)15-28(14-17-7-10-19(25)13-21(17)26)32(30,31)20-11-8-18(24)9-12-20/h3-13H,2,14-15H2,1H3,(H,27,29). The summed E-state index contributed by atoms with van der Waals surface area (Å²) in [6, 6.07) is 18.5. The van der Waals surface area contributed by atoms with Crippen molar-refractivity contribution in [2.45, 2.75) is 24.8 Å². The van der Waals surface area contributed by atoms with Crippen LogP contribution in [0.5, 0.6) is 0 Å². The summed E-state index contributed by atoms with van der Waals surface area (Å²) in [5.41, 5.74) is 2.16. The molecule has 32 heavy (non-hydrogen) atoms. The highest BCUT2D eigenvalue weighted by atomic mass is 79.9. The van der Waals surface area contributed by atoms with Gasteiger partial charge in [0.15, 0.2) is 0 Å². The van der Waals surface area contributed by atoms with E-state index in [4.69, 9.17) is 23.2 Å². The van der Waals surface area contributed by atoms with Crippen molar-refractivity contribution in [3.8, 4) is 0 Å². The maximum absolute atomic E-state index is 13.4. The van der Waals surface area contributed by atoms with Crippen LogP contribution in [0.15, 0.2) is 76.1 Å². The van der Waals surface area contributed by atoms with E-state index in [0.29, 0.717) is 21.3 Å². The topological polar surface area (TPSA) is 66.5 Å². The van der Waals surface area contributed by atoms with Gasteiger partial charge in [0.25, 0.3) is 0 Å². The maximum Gasteiger partial charge on any atom is 0.243 e. The minimum Gasteiger partial charge on any atom is -0.325 e. The molecule has 0 unspecified atom stereocenters. The number of rotatable bonds is 8. The highest BCUT2D eigenvalue weighted by Gasteiger charge is 2.28. The fourth-order valence-corrected chi connectivity index (χ4v) is 5.23. The van der Waals surface area contributed by atoms with Gasteiger partial charge in [0.1, 0.15) is 0 Å². The van der Waals surface area contributed by atoms with E-state index in [1.54, 1.807) is 36.4 Å². The van der Waals surface area contributed by atoms with E-state index in [-0.39, 0.29) is 18.0 Å². The molecule has 0 saturated heterocycles. The largest absolute Gasteiger partial charge is 0.325 e. The quantitative estimate of drug-likeness (QED) is 0.362. The number of nitrogens with one attached hydrogen (secondary N) is 1. The second-order valence-corrected chi connectivity index (χ2v) is 10.7. The summed E-state index contributed by atoms with van der Waals surface area (Å²) in [7, 11) is -3.99. The van der Waals surface area contributed by atoms with Crippen LogP contribution in [0, 0.1) is 0 Å². The fraction of sp³-hybridized carbons (Fsp3) is 0.174. The summed E-state index contributed by atoms with van der Waals surface area (Å²) in [4.78, 5) is 12.9. The summed E-state index contributed by atoms with van der Waals surface area (Å²) >= 11 is 15.6. The minimum atomic E-state index is -3.99. The number of sulfonamides is 1. The van der Waals surface area contributed by atoms with Gasteiger partial charge in [-0.3, -0.25) is 4.79 Å². The van der Waals surface area contributed by atoms with Gasteiger partial charge in [0.05, 0.1) is 11.4 Å². The number of carbonyl (C=O) groups excluding carboxylic acids is 1. The van der Waals surface area contributed by atoms with Crippen molar-refractivity contribution < 1.29 is 13.2 Å². The van der Waals surface area contributed by atoms with E-state index in [1.165, 1.54) is 12.1 Å². The van der Waals surface area contributed by atoms with Crippen LogP contribution < -0.4 is 5.32 Å². The molecule has 0 atom stereocenters. The molecule has 9 heteroatoms. The van der Waals surface area contributed by atoms with Crippen LogP contribution in [0.4, 0.5) is 5.69 Å². The zero-order chi connectivity index (χ0) is 23.3. The number of hydrogen-bond donors (Lipinski definition) is 1. The van der Waals surface area contributed by atoms with Crippen LogP contribution in [0.1, 0.15) is 18.1 Å². The number of carbonyl (C=O) groups is 1. The first-order valence-electron chi connectivity index (χ1n) is 9.78. The van der Waals surface area contributed by atoms with Crippen molar-refractivity contribution in [1.82, 2.24) is 4.31 Å². The van der Waals surface area contributed by atoms with E-state index in [9.17, 15) is 13.2 Å². The number of benzene rings is 3. The predicted molar refractivity (Wildman–Crippen MR) is 133 cm³/mol. The number of para-hydroxylation sites is 1. The molecular weight excluding hydrogens is 535 g/mol. The molecule has 0 radical (unpaired) electrons. The Kier molecular flexibility index (Phi) is 8.36. The molecule has 168 valence electrons. The third-order valence-electron chi connectivity index (χ3n) is 4.81. The van der Waals surface area contributed by atoms with Gasteiger partial charge in [-0.25, -0.2) is 8.42 Å². The van der Waals surface area contributed by atoms with Crippen molar-refractivity contribution in [3.63, 3.8) is 0 Å². The number of anilines is 1. The number of aryl methyl sites for hydroxylation is 1. The third-order valence-corrected chi connectivity index (χ3v) is 7.73. The van der Waals surface area contributed by atoms with Crippen molar-refractivity contribution >= 4 is 60.7 Å². The Hall–Kier alpha value is -1.90. The first kappa shape index (κ1) is 24.7. The average molecular weight is 556 g/mol. The number of nitrogens with zero attached hydrogens (tertiary/aromatic N) is 1. The molecule has 3 aromatic rings. The van der Waals surface area contributed by atoms with Gasteiger partial charge in [-0.1, -0.05) is 70.3 Å². The van der Waals surface area contributed by atoms with Crippen molar-refractivity contribution in [1.29, 1.82) is 0 Å².